The average Bonchev–Trinajstić information content (AvgIpc) is 3.20. The molecule has 0 amide bonds. The summed E-state index contributed by atoms with van der Waals surface area (Å²) in [6.45, 7) is 15.6. The molecule has 3 aromatic rings. The topological polar surface area (TPSA) is 70.8 Å². The van der Waals surface area contributed by atoms with E-state index in [1.165, 1.54) is 112 Å². The summed E-state index contributed by atoms with van der Waals surface area (Å²) in [6, 6.07) is 15.7. The van der Waals surface area contributed by atoms with Gasteiger partial charge < -0.3 is 10.2 Å². The van der Waals surface area contributed by atoms with Crippen molar-refractivity contribution in [3.05, 3.63) is 80.3 Å². The number of rotatable bonds is 28. The number of aliphatic imine (C=N–C) groups is 2. The molecule has 0 N–H and O–H groups in total. The molecule has 0 heterocycles. The van der Waals surface area contributed by atoms with E-state index >= 15 is 0 Å². The Morgan fingerprint density at radius 3 is 1.34 bits per heavy atom. The summed E-state index contributed by atoms with van der Waals surface area (Å²) in [6.07, 6.45) is 30.9. The maximum Gasteiger partial charge on any atom is 2.00 e. The Bertz CT molecular complexity index is 1540. The third-order valence-corrected chi connectivity index (χ3v) is 11.7. The van der Waals surface area contributed by atoms with E-state index in [0.29, 0.717) is 12.0 Å². The molecule has 0 aromatic heterocycles. The van der Waals surface area contributed by atoms with Gasteiger partial charge in [-0.1, -0.05) is 153 Å². The predicted molar refractivity (Wildman–Crippen MR) is 251 cm³/mol. The molecule has 0 saturated heterocycles. The Morgan fingerprint density at radius 2 is 0.914 bits per heavy atom. The zero-order valence-corrected chi connectivity index (χ0v) is 40.3. The van der Waals surface area contributed by atoms with Crippen LogP contribution in [0.1, 0.15) is 204 Å². The first-order valence-corrected chi connectivity index (χ1v) is 24.1. The van der Waals surface area contributed by atoms with Crippen molar-refractivity contribution in [3.63, 3.8) is 0 Å². The maximum absolute atomic E-state index is 11.8. The molecule has 0 unspecified atom stereocenters. The van der Waals surface area contributed by atoms with Crippen molar-refractivity contribution in [2.75, 3.05) is 0 Å². The largest absolute Gasteiger partial charge is 2.00 e. The van der Waals surface area contributed by atoms with Gasteiger partial charge in [0.2, 0.25) is 0 Å². The van der Waals surface area contributed by atoms with Crippen LogP contribution in [0, 0.1) is 0 Å². The van der Waals surface area contributed by atoms with Crippen LogP contribution in [0.15, 0.2) is 56.9 Å². The second kappa shape index (κ2) is 33.3. The Morgan fingerprint density at radius 1 is 0.500 bits per heavy atom. The first kappa shape index (κ1) is 53.6. The van der Waals surface area contributed by atoms with Crippen LogP contribution in [0.5, 0.6) is 11.5 Å². The molecular weight excluding hydrogens is 823 g/mol. The summed E-state index contributed by atoms with van der Waals surface area (Å²) in [5.41, 5.74) is 10.8. The van der Waals surface area contributed by atoms with Gasteiger partial charge in [0.25, 0.3) is 0 Å². The zero-order valence-electron chi connectivity index (χ0n) is 37.7. The van der Waals surface area contributed by atoms with Crippen molar-refractivity contribution in [2.45, 2.75) is 209 Å². The molecule has 0 spiro atoms. The van der Waals surface area contributed by atoms with Crippen molar-refractivity contribution in [1.82, 2.24) is 0 Å². The van der Waals surface area contributed by atoms with E-state index in [1.54, 1.807) is 0 Å². The van der Waals surface area contributed by atoms with E-state index in [1.807, 2.05) is 0 Å². The molecule has 0 aliphatic carbocycles. The van der Waals surface area contributed by atoms with Crippen molar-refractivity contribution in [3.8, 4) is 11.5 Å². The number of hydrogen-bond donors (Lipinski definition) is 0. The van der Waals surface area contributed by atoms with Crippen LogP contribution >= 0.6 is 15.9 Å². The number of nitrogens with zero attached hydrogens (tertiary/aromatic N) is 2. The van der Waals surface area contributed by atoms with E-state index in [-0.39, 0.29) is 28.0 Å². The molecule has 0 bridgehead atoms. The summed E-state index contributed by atoms with van der Waals surface area (Å²) in [7, 11) is 0. The van der Waals surface area contributed by atoms with Crippen LogP contribution in [-0.4, -0.2) is 11.9 Å². The summed E-state index contributed by atoms with van der Waals surface area (Å²) in [5.74, 6) is -0.684. The average molecular weight is 903 g/mol. The second-order valence-electron chi connectivity index (χ2n) is 16.2. The fourth-order valence-corrected chi connectivity index (χ4v) is 7.89. The molecule has 3 rings (SSSR count). The number of benzene rings is 3. The van der Waals surface area contributed by atoms with E-state index < -0.39 is 0 Å². The minimum Gasteiger partial charge on any atom is -0.873 e. The van der Waals surface area contributed by atoms with Gasteiger partial charge in [-0.2, -0.15) is 0 Å². The molecular formula is C52H79BrN2NiO2. The van der Waals surface area contributed by atoms with Crippen LogP contribution < -0.4 is 10.2 Å². The molecule has 0 radical (unpaired) electrons. The molecule has 0 fully saturated rings. The molecule has 4 nitrogen and oxygen atoms in total. The second-order valence-corrected chi connectivity index (χ2v) is 17.0. The van der Waals surface area contributed by atoms with Crippen molar-refractivity contribution in [1.29, 1.82) is 0 Å². The molecule has 0 aliphatic rings. The van der Waals surface area contributed by atoms with Gasteiger partial charge in [0.1, 0.15) is 0 Å². The zero-order chi connectivity index (χ0) is 41.7. The minimum atomic E-state index is -0.356. The quantitative estimate of drug-likeness (QED) is 0.0414. The normalized spacial score (nSPS) is 11.5. The van der Waals surface area contributed by atoms with Crippen LogP contribution in [0.2, 0.25) is 0 Å². The third kappa shape index (κ3) is 21.7. The van der Waals surface area contributed by atoms with Gasteiger partial charge in [-0.15, -0.1) is 11.5 Å². The van der Waals surface area contributed by atoms with Crippen molar-refractivity contribution < 1.29 is 26.7 Å². The van der Waals surface area contributed by atoms with Crippen LogP contribution in [0.25, 0.3) is 0 Å². The number of hydrogen-bond acceptors (Lipinski definition) is 4. The number of aryl methyl sites for hydroxylation is 5. The molecule has 6 heteroatoms. The standard InChI is InChI=1S/C38H60N2.C14H21BrO2.Ni/c1-6-11-16-20-32-25-33(21-17-12-7-2)28-37(27-32)39-31-36(24-15-10-5)40-38-29-34(22-18-13-8-3)26-35(30-38)23-19-14-9-4;1-3-5-7-10-9-12(16)14(17)11(13(10)15)8-6-4-2;/h25-31H,6-24H2,1-5H3;9,16-17H,3-8H2,1-2H3;/q;;+2/p-2. The van der Waals surface area contributed by atoms with Gasteiger partial charge in [0.05, 0.1) is 17.1 Å². The molecule has 3 aromatic carbocycles. The summed E-state index contributed by atoms with van der Waals surface area (Å²) < 4.78 is 0.865. The fourth-order valence-electron chi connectivity index (χ4n) is 7.20. The Kier molecular flexibility index (Phi) is 30.8. The van der Waals surface area contributed by atoms with Gasteiger partial charge in [-0.25, -0.2) is 0 Å². The van der Waals surface area contributed by atoms with Crippen molar-refractivity contribution in [2.24, 2.45) is 9.98 Å². The fraction of sp³-hybridized carbons (Fsp3) is 0.615. The Hall–Kier alpha value is -2.43. The van der Waals surface area contributed by atoms with Gasteiger partial charge in [-0.05, 0) is 148 Å². The molecule has 0 atom stereocenters. The SMILES string of the molecule is CCCCCc1cc(CCCCC)cc(N=CC(CCCC)=Nc2cc(CCCCC)cc(CCCCC)c2)c1.CCCCc1cc([O-])c([O-])c(CCCC)c1Br.[Ni+2]. The van der Waals surface area contributed by atoms with Gasteiger partial charge >= 0.3 is 16.5 Å². The van der Waals surface area contributed by atoms with Gasteiger partial charge in [-0.3, -0.25) is 9.98 Å². The molecule has 0 saturated carbocycles. The smallest absolute Gasteiger partial charge is 0.873 e. The summed E-state index contributed by atoms with van der Waals surface area (Å²) in [5, 5.41) is 23.4. The molecule has 58 heavy (non-hydrogen) atoms. The summed E-state index contributed by atoms with van der Waals surface area (Å²) in [4.78, 5) is 10.3. The van der Waals surface area contributed by atoms with Gasteiger partial charge in [0.15, 0.2) is 0 Å². The maximum atomic E-state index is 11.8. The monoisotopic (exact) mass is 900 g/mol. The van der Waals surface area contributed by atoms with Crippen LogP contribution in [0.4, 0.5) is 11.4 Å². The first-order valence-electron chi connectivity index (χ1n) is 23.3. The van der Waals surface area contributed by atoms with Gasteiger partial charge in [0, 0.05) is 10.7 Å². The van der Waals surface area contributed by atoms with E-state index in [9.17, 15) is 10.2 Å². The van der Waals surface area contributed by atoms with E-state index in [0.717, 1.165) is 97.8 Å². The first-order chi connectivity index (χ1) is 27.7. The Labute approximate surface area is 374 Å². The van der Waals surface area contributed by atoms with Crippen LogP contribution in [-0.2, 0) is 55.0 Å². The predicted octanol–water partition coefficient (Wildman–Crippen LogP) is 15.6. The minimum absolute atomic E-state index is 0. The molecule has 0 aliphatic heterocycles. The Balaban J connectivity index is 0.000000781. The van der Waals surface area contributed by atoms with Crippen LogP contribution in [0.3, 0.4) is 0 Å². The number of halogens is 1. The van der Waals surface area contributed by atoms with Crippen molar-refractivity contribution >= 4 is 39.2 Å². The van der Waals surface area contributed by atoms with E-state index in [2.05, 4.69) is 107 Å². The van der Waals surface area contributed by atoms with E-state index in [4.69, 9.17) is 9.98 Å². The molecule has 326 valence electrons. The summed E-state index contributed by atoms with van der Waals surface area (Å²) >= 11 is 3.49. The third-order valence-electron chi connectivity index (χ3n) is 10.7. The number of unbranched alkanes of at least 4 members (excludes halogenated alkanes) is 11.